The summed E-state index contributed by atoms with van der Waals surface area (Å²) in [7, 11) is 1.56. The average Bonchev–Trinajstić information content (AvgIpc) is 2.51. The third kappa shape index (κ3) is 3.94. The van der Waals surface area contributed by atoms with Gasteiger partial charge in [-0.25, -0.2) is 4.79 Å². The second-order valence-electron chi connectivity index (χ2n) is 6.60. The molecule has 0 bridgehead atoms. The van der Waals surface area contributed by atoms with E-state index < -0.39 is 11.5 Å². The fourth-order valence-electron chi connectivity index (χ4n) is 3.40. The third-order valence-corrected chi connectivity index (χ3v) is 4.80. The number of nitrogens with one attached hydrogen (secondary N) is 1. The minimum atomic E-state index is -1.21. The lowest BCUT2D eigenvalue weighted by atomic mass is 9.87. The van der Waals surface area contributed by atoms with Crippen LogP contribution in [-0.2, 0) is 20.8 Å². The van der Waals surface area contributed by atoms with Crippen molar-refractivity contribution in [2.24, 2.45) is 0 Å². The Labute approximate surface area is 142 Å². The van der Waals surface area contributed by atoms with E-state index in [0.717, 1.165) is 22.3 Å². The number of carboxylic acid groups (broad SMARTS) is 1. The quantitative estimate of drug-likeness (QED) is 0.858. The Morgan fingerprint density at radius 2 is 1.75 bits per heavy atom. The number of amides is 1. The second-order valence-corrected chi connectivity index (χ2v) is 6.60. The highest BCUT2D eigenvalue weighted by molar-refractivity contribution is 5.88. The standard InChI is InChI=1S/C18H26N2O4/c1-12-9-13(2)15(14(3)10-12)11-16(21)19-18(17(22)23)5-7-20(24-4)8-6-18/h9-10H,5-8,11H2,1-4H3,(H,19,21)(H,22,23). The number of carbonyl (C=O) groups excluding carboxylic acids is 1. The summed E-state index contributed by atoms with van der Waals surface area (Å²) in [6, 6.07) is 4.08. The van der Waals surface area contributed by atoms with Crippen LogP contribution in [0.1, 0.15) is 35.1 Å². The normalized spacial score (nSPS) is 17.5. The van der Waals surface area contributed by atoms with Gasteiger partial charge in [-0.2, -0.15) is 5.06 Å². The molecule has 2 N–H and O–H groups in total. The Bertz CT molecular complexity index is 611. The predicted molar refractivity (Wildman–Crippen MR) is 90.7 cm³/mol. The van der Waals surface area contributed by atoms with E-state index in [1.54, 1.807) is 12.2 Å². The van der Waals surface area contributed by atoms with Gasteiger partial charge in [0.15, 0.2) is 0 Å². The zero-order valence-electron chi connectivity index (χ0n) is 14.8. The summed E-state index contributed by atoms with van der Waals surface area (Å²) >= 11 is 0. The number of carboxylic acids is 1. The second kappa shape index (κ2) is 7.32. The van der Waals surface area contributed by atoms with Crippen LogP contribution in [-0.4, -0.2) is 47.8 Å². The van der Waals surface area contributed by atoms with Gasteiger partial charge in [-0.15, -0.1) is 0 Å². The monoisotopic (exact) mass is 334 g/mol. The first kappa shape index (κ1) is 18.4. The van der Waals surface area contributed by atoms with Crippen LogP contribution in [0.3, 0.4) is 0 Å². The van der Waals surface area contributed by atoms with Crippen molar-refractivity contribution in [2.75, 3.05) is 20.2 Å². The minimum absolute atomic E-state index is 0.195. The molecule has 0 aromatic heterocycles. The van der Waals surface area contributed by atoms with Gasteiger partial charge in [0, 0.05) is 13.1 Å². The number of rotatable bonds is 5. The number of piperidine rings is 1. The van der Waals surface area contributed by atoms with Gasteiger partial charge in [0.05, 0.1) is 13.5 Å². The summed E-state index contributed by atoms with van der Waals surface area (Å²) in [5, 5.41) is 14.1. The van der Waals surface area contributed by atoms with Crippen molar-refractivity contribution >= 4 is 11.9 Å². The first-order valence-corrected chi connectivity index (χ1v) is 8.17. The Hall–Kier alpha value is -1.92. The zero-order valence-corrected chi connectivity index (χ0v) is 14.8. The maximum atomic E-state index is 12.5. The van der Waals surface area contributed by atoms with Gasteiger partial charge in [0.2, 0.25) is 5.91 Å². The Morgan fingerprint density at radius 3 is 2.21 bits per heavy atom. The van der Waals surface area contributed by atoms with Gasteiger partial charge < -0.3 is 15.3 Å². The van der Waals surface area contributed by atoms with E-state index in [2.05, 4.69) is 5.32 Å². The highest BCUT2D eigenvalue weighted by Gasteiger charge is 2.43. The van der Waals surface area contributed by atoms with Gasteiger partial charge in [0.25, 0.3) is 0 Å². The Kier molecular flexibility index (Phi) is 5.62. The summed E-state index contributed by atoms with van der Waals surface area (Å²) in [6.07, 6.45) is 0.850. The van der Waals surface area contributed by atoms with E-state index in [-0.39, 0.29) is 12.3 Å². The number of hydrogen-bond acceptors (Lipinski definition) is 4. The lowest BCUT2D eigenvalue weighted by Crippen LogP contribution is -2.60. The molecule has 1 saturated heterocycles. The lowest BCUT2D eigenvalue weighted by Gasteiger charge is -2.38. The molecular formula is C18H26N2O4. The summed E-state index contributed by atoms with van der Waals surface area (Å²) in [6.45, 7) is 6.93. The molecule has 0 saturated carbocycles. The molecule has 2 rings (SSSR count). The maximum Gasteiger partial charge on any atom is 0.329 e. The molecule has 1 aromatic rings. The molecule has 0 spiro atoms. The molecule has 1 aliphatic heterocycles. The van der Waals surface area contributed by atoms with Crippen LogP contribution >= 0.6 is 0 Å². The molecule has 0 unspecified atom stereocenters. The van der Waals surface area contributed by atoms with Crippen molar-refractivity contribution in [3.05, 3.63) is 34.4 Å². The summed E-state index contributed by atoms with van der Waals surface area (Å²) < 4.78 is 0. The smallest absolute Gasteiger partial charge is 0.329 e. The number of hydroxylamine groups is 2. The van der Waals surface area contributed by atoms with E-state index in [4.69, 9.17) is 4.84 Å². The number of nitrogens with zero attached hydrogens (tertiary/aromatic N) is 1. The van der Waals surface area contributed by atoms with Crippen molar-refractivity contribution < 1.29 is 19.5 Å². The van der Waals surface area contributed by atoms with E-state index in [1.807, 2.05) is 32.9 Å². The van der Waals surface area contributed by atoms with Crippen molar-refractivity contribution in [1.29, 1.82) is 0 Å². The molecule has 0 radical (unpaired) electrons. The van der Waals surface area contributed by atoms with Gasteiger partial charge in [-0.3, -0.25) is 4.79 Å². The number of aliphatic carboxylic acids is 1. The number of carbonyl (C=O) groups is 2. The van der Waals surface area contributed by atoms with Crippen molar-refractivity contribution in [3.8, 4) is 0 Å². The molecule has 1 heterocycles. The van der Waals surface area contributed by atoms with Crippen LogP contribution in [0.2, 0.25) is 0 Å². The molecule has 1 fully saturated rings. The first-order chi connectivity index (χ1) is 11.3. The van der Waals surface area contributed by atoms with Gasteiger partial charge >= 0.3 is 5.97 Å². The number of benzene rings is 1. The summed E-state index contributed by atoms with van der Waals surface area (Å²) in [5.74, 6) is -1.23. The first-order valence-electron chi connectivity index (χ1n) is 8.17. The van der Waals surface area contributed by atoms with E-state index >= 15 is 0 Å². The highest BCUT2D eigenvalue weighted by Crippen LogP contribution is 2.24. The summed E-state index contributed by atoms with van der Waals surface area (Å²) in [4.78, 5) is 29.4. The molecule has 1 aliphatic rings. The zero-order chi connectivity index (χ0) is 17.9. The molecule has 1 aromatic carbocycles. The topological polar surface area (TPSA) is 78.9 Å². The van der Waals surface area contributed by atoms with Gasteiger partial charge in [0.1, 0.15) is 5.54 Å². The highest BCUT2D eigenvalue weighted by atomic mass is 16.7. The van der Waals surface area contributed by atoms with Crippen molar-refractivity contribution in [2.45, 2.75) is 45.6 Å². The van der Waals surface area contributed by atoms with E-state index in [9.17, 15) is 14.7 Å². The van der Waals surface area contributed by atoms with Crippen molar-refractivity contribution in [1.82, 2.24) is 10.4 Å². The minimum Gasteiger partial charge on any atom is -0.480 e. The summed E-state index contributed by atoms with van der Waals surface area (Å²) in [5.41, 5.74) is 3.03. The Morgan fingerprint density at radius 1 is 1.21 bits per heavy atom. The van der Waals surface area contributed by atoms with Gasteiger partial charge in [-0.05, 0) is 50.3 Å². The fourth-order valence-corrected chi connectivity index (χ4v) is 3.40. The number of aryl methyl sites for hydroxylation is 3. The Balaban J connectivity index is 2.11. The van der Waals surface area contributed by atoms with Gasteiger partial charge in [-0.1, -0.05) is 17.7 Å². The third-order valence-electron chi connectivity index (χ3n) is 4.80. The van der Waals surface area contributed by atoms with Crippen LogP contribution in [0, 0.1) is 20.8 Å². The molecule has 6 nitrogen and oxygen atoms in total. The molecular weight excluding hydrogens is 308 g/mol. The average molecular weight is 334 g/mol. The predicted octanol–water partition coefficient (Wildman–Crippen LogP) is 1.75. The van der Waals surface area contributed by atoms with Crippen molar-refractivity contribution in [3.63, 3.8) is 0 Å². The number of hydrogen-bond donors (Lipinski definition) is 2. The maximum absolute atomic E-state index is 12.5. The SMILES string of the molecule is CON1CCC(NC(=O)Cc2c(C)cc(C)cc2C)(C(=O)O)CC1. The lowest BCUT2D eigenvalue weighted by molar-refractivity contribution is -0.169. The van der Waals surface area contributed by atoms with Crippen LogP contribution in [0.4, 0.5) is 0 Å². The molecule has 132 valence electrons. The molecule has 0 atom stereocenters. The molecule has 24 heavy (non-hydrogen) atoms. The van der Waals surface area contributed by atoms with Crippen LogP contribution in [0.15, 0.2) is 12.1 Å². The van der Waals surface area contributed by atoms with E-state index in [1.165, 1.54) is 0 Å². The van der Waals surface area contributed by atoms with Crippen LogP contribution in [0.25, 0.3) is 0 Å². The molecule has 0 aliphatic carbocycles. The fraction of sp³-hybridized carbons (Fsp3) is 0.556. The molecule has 1 amide bonds. The largest absolute Gasteiger partial charge is 0.480 e. The molecule has 6 heteroatoms. The van der Waals surface area contributed by atoms with Crippen LogP contribution in [0.5, 0.6) is 0 Å². The van der Waals surface area contributed by atoms with Crippen LogP contribution < -0.4 is 5.32 Å². The van der Waals surface area contributed by atoms with E-state index in [0.29, 0.717) is 25.9 Å².